The van der Waals surface area contributed by atoms with Gasteiger partial charge in [-0.05, 0) is 30.7 Å². The van der Waals surface area contributed by atoms with E-state index in [0.717, 1.165) is 5.56 Å². The van der Waals surface area contributed by atoms with Gasteiger partial charge < -0.3 is 5.32 Å². The Balaban J connectivity index is 2.23. The molecule has 1 unspecified atom stereocenters. The second-order valence-corrected chi connectivity index (χ2v) is 5.19. The van der Waals surface area contributed by atoms with Crippen LogP contribution in [0.2, 0.25) is 10.0 Å². The Bertz CT molecular complexity index is 647. The van der Waals surface area contributed by atoms with Gasteiger partial charge in [-0.2, -0.15) is 0 Å². The predicted molar refractivity (Wildman–Crippen MR) is 81.6 cm³/mol. The number of nitro benzene ring substituents is 1. The zero-order valence-corrected chi connectivity index (χ0v) is 12.2. The molecular formula is C14H12Cl2N2O2. The molecule has 0 saturated carbocycles. The molecule has 0 bridgehead atoms. The van der Waals surface area contributed by atoms with Crippen molar-refractivity contribution in [1.29, 1.82) is 0 Å². The van der Waals surface area contributed by atoms with E-state index in [4.69, 9.17) is 23.2 Å². The Morgan fingerprint density at radius 1 is 1.20 bits per heavy atom. The summed E-state index contributed by atoms with van der Waals surface area (Å²) in [4.78, 5) is 10.4. The monoisotopic (exact) mass is 310 g/mol. The third-order valence-electron chi connectivity index (χ3n) is 2.88. The summed E-state index contributed by atoms with van der Waals surface area (Å²) < 4.78 is 0. The lowest BCUT2D eigenvalue weighted by Gasteiger charge is -2.16. The standard InChI is InChI=1S/C14H12Cl2N2O2/c1-9(10-3-2-4-12(7-10)18(19)20)17-14-8-11(15)5-6-13(14)16/h2-9,17H,1H3. The molecule has 1 N–H and O–H groups in total. The molecule has 0 aliphatic rings. The fourth-order valence-corrected chi connectivity index (χ4v) is 2.18. The number of nitrogens with one attached hydrogen (secondary N) is 1. The van der Waals surface area contributed by atoms with Gasteiger partial charge in [-0.1, -0.05) is 35.3 Å². The van der Waals surface area contributed by atoms with Crippen molar-refractivity contribution in [3.05, 3.63) is 68.2 Å². The molecule has 1 atom stereocenters. The number of halogens is 2. The van der Waals surface area contributed by atoms with Crippen LogP contribution in [-0.2, 0) is 0 Å². The number of non-ortho nitro benzene ring substituents is 1. The van der Waals surface area contributed by atoms with E-state index in [0.29, 0.717) is 15.7 Å². The van der Waals surface area contributed by atoms with Crippen molar-refractivity contribution >= 4 is 34.6 Å². The van der Waals surface area contributed by atoms with Crippen molar-refractivity contribution in [2.45, 2.75) is 13.0 Å². The van der Waals surface area contributed by atoms with Crippen molar-refractivity contribution in [1.82, 2.24) is 0 Å². The molecule has 0 spiro atoms. The van der Waals surface area contributed by atoms with E-state index >= 15 is 0 Å². The van der Waals surface area contributed by atoms with E-state index in [2.05, 4.69) is 5.32 Å². The third-order valence-corrected chi connectivity index (χ3v) is 3.45. The first-order valence-electron chi connectivity index (χ1n) is 5.93. The molecule has 0 fully saturated rings. The molecule has 2 rings (SSSR count). The normalized spacial score (nSPS) is 11.9. The van der Waals surface area contributed by atoms with Crippen molar-refractivity contribution in [3.63, 3.8) is 0 Å². The summed E-state index contributed by atoms with van der Waals surface area (Å²) in [7, 11) is 0. The van der Waals surface area contributed by atoms with Gasteiger partial charge >= 0.3 is 0 Å². The summed E-state index contributed by atoms with van der Waals surface area (Å²) in [5, 5.41) is 15.1. The molecule has 0 heterocycles. The minimum Gasteiger partial charge on any atom is -0.377 e. The molecule has 20 heavy (non-hydrogen) atoms. The van der Waals surface area contributed by atoms with Crippen LogP contribution in [-0.4, -0.2) is 4.92 Å². The predicted octanol–water partition coefficient (Wildman–Crippen LogP) is 5.07. The van der Waals surface area contributed by atoms with Gasteiger partial charge in [-0.3, -0.25) is 10.1 Å². The molecule has 4 nitrogen and oxygen atoms in total. The topological polar surface area (TPSA) is 55.2 Å². The van der Waals surface area contributed by atoms with Gasteiger partial charge in [0, 0.05) is 23.2 Å². The highest BCUT2D eigenvalue weighted by atomic mass is 35.5. The lowest BCUT2D eigenvalue weighted by Crippen LogP contribution is -2.07. The molecule has 2 aromatic rings. The lowest BCUT2D eigenvalue weighted by molar-refractivity contribution is -0.384. The smallest absolute Gasteiger partial charge is 0.269 e. The second kappa shape index (κ2) is 6.11. The minimum absolute atomic E-state index is 0.0633. The van der Waals surface area contributed by atoms with Gasteiger partial charge in [0.15, 0.2) is 0 Å². The zero-order chi connectivity index (χ0) is 14.7. The summed E-state index contributed by atoms with van der Waals surface area (Å²) in [6.07, 6.45) is 0. The van der Waals surface area contributed by atoms with Crippen LogP contribution in [0.25, 0.3) is 0 Å². The Hall–Kier alpha value is -1.78. The van der Waals surface area contributed by atoms with E-state index < -0.39 is 4.92 Å². The molecule has 6 heteroatoms. The third kappa shape index (κ3) is 3.40. The van der Waals surface area contributed by atoms with Crippen molar-refractivity contribution in [3.8, 4) is 0 Å². The molecular weight excluding hydrogens is 299 g/mol. The summed E-state index contributed by atoms with van der Waals surface area (Å²) in [5.41, 5.74) is 1.56. The SMILES string of the molecule is CC(Nc1cc(Cl)ccc1Cl)c1cccc([N+](=O)[O-])c1. The number of benzene rings is 2. The van der Waals surface area contributed by atoms with Gasteiger partial charge in [-0.25, -0.2) is 0 Å². The van der Waals surface area contributed by atoms with E-state index in [9.17, 15) is 10.1 Å². The first-order valence-corrected chi connectivity index (χ1v) is 6.69. The van der Waals surface area contributed by atoms with Gasteiger partial charge in [-0.15, -0.1) is 0 Å². The number of anilines is 1. The first kappa shape index (κ1) is 14.6. The summed E-state index contributed by atoms with van der Waals surface area (Å²) in [6, 6.07) is 11.5. The highest BCUT2D eigenvalue weighted by molar-refractivity contribution is 6.35. The van der Waals surface area contributed by atoms with Crippen LogP contribution >= 0.6 is 23.2 Å². The zero-order valence-electron chi connectivity index (χ0n) is 10.6. The van der Waals surface area contributed by atoms with E-state index in [1.807, 2.05) is 13.0 Å². The molecule has 0 aromatic heterocycles. The molecule has 104 valence electrons. The summed E-state index contributed by atoms with van der Waals surface area (Å²) >= 11 is 12.0. The average molecular weight is 311 g/mol. The van der Waals surface area contributed by atoms with Crippen LogP contribution in [0.1, 0.15) is 18.5 Å². The first-order chi connectivity index (χ1) is 9.47. The van der Waals surface area contributed by atoms with Crippen LogP contribution < -0.4 is 5.32 Å². The maximum absolute atomic E-state index is 10.8. The van der Waals surface area contributed by atoms with E-state index in [1.165, 1.54) is 12.1 Å². The van der Waals surface area contributed by atoms with Crippen LogP contribution in [0.15, 0.2) is 42.5 Å². The van der Waals surface area contributed by atoms with Gasteiger partial charge in [0.05, 0.1) is 15.6 Å². The lowest BCUT2D eigenvalue weighted by atomic mass is 10.1. The molecule has 0 aliphatic heterocycles. The van der Waals surface area contributed by atoms with Crippen molar-refractivity contribution < 1.29 is 4.92 Å². The number of nitro groups is 1. The van der Waals surface area contributed by atoms with Crippen LogP contribution in [0.4, 0.5) is 11.4 Å². The van der Waals surface area contributed by atoms with Gasteiger partial charge in [0.2, 0.25) is 0 Å². The highest BCUT2D eigenvalue weighted by Gasteiger charge is 2.12. The molecule has 2 aromatic carbocycles. The quantitative estimate of drug-likeness (QED) is 0.633. The minimum atomic E-state index is -0.414. The number of hydrogen-bond acceptors (Lipinski definition) is 3. The fraction of sp³-hybridized carbons (Fsp3) is 0.143. The van der Waals surface area contributed by atoms with Gasteiger partial charge in [0.25, 0.3) is 5.69 Å². The van der Waals surface area contributed by atoms with Crippen LogP contribution in [0.3, 0.4) is 0 Å². The average Bonchev–Trinajstić information content (AvgIpc) is 2.43. The highest BCUT2D eigenvalue weighted by Crippen LogP contribution is 2.29. The Morgan fingerprint density at radius 3 is 2.65 bits per heavy atom. The molecule has 0 radical (unpaired) electrons. The number of nitrogens with zero attached hydrogens (tertiary/aromatic N) is 1. The Morgan fingerprint density at radius 2 is 1.95 bits per heavy atom. The Kier molecular flexibility index (Phi) is 4.47. The molecule has 0 amide bonds. The van der Waals surface area contributed by atoms with E-state index in [1.54, 1.807) is 24.3 Å². The molecule has 0 aliphatic carbocycles. The van der Waals surface area contributed by atoms with Gasteiger partial charge in [0.1, 0.15) is 0 Å². The van der Waals surface area contributed by atoms with Crippen LogP contribution in [0, 0.1) is 10.1 Å². The van der Waals surface area contributed by atoms with E-state index in [-0.39, 0.29) is 11.7 Å². The number of hydrogen-bond donors (Lipinski definition) is 1. The largest absolute Gasteiger partial charge is 0.377 e. The maximum Gasteiger partial charge on any atom is 0.269 e. The molecule has 0 saturated heterocycles. The second-order valence-electron chi connectivity index (χ2n) is 4.34. The fourth-order valence-electron chi connectivity index (χ4n) is 1.83. The summed E-state index contributed by atoms with van der Waals surface area (Å²) in [5.74, 6) is 0. The number of rotatable bonds is 4. The summed E-state index contributed by atoms with van der Waals surface area (Å²) in [6.45, 7) is 1.90. The van der Waals surface area contributed by atoms with Crippen molar-refractivity contribution in [2.24, 2.45) is 0 Å². The van der Waals surface area contributed by atoms with Crippen molar-refractivity contribution in [2.75, 3.05) is 5.32 Å². The Labute approximate surface area is 126 Å². The van der Waals surface area contributed by atoms with Crippen LogP contribution in [0.5, 0.6) is 0 Å². The maximum atomic E-state index is 10.8.